The topological polar surface area (TPSA) is 69.0 Å². The van der Waals surface area contributed by atoms with Crippen LogP contribution in [-0.2, 0) is 0 Å². The second-order valence-electron chi connectivity index (χ2n) is 7.27. The summed E-state index contributed by atoms with van der Waals surface area (Å²) in [5.74, 6) is 1.39. The Bertz CT molecular complexity index is 1260. The number of para-hydroxylation sites is 1. The standard InChI is InChI=1S/C24H19BrN4O2S/c1-31-19-10-6-5-9-18(19)23-26-27-24-29(23)28-20(15-11-13-17(25)14-12-15)22(32-24)21(30)16-7-3-2-4-8-16/h2-14,20,22,28H,1H3/t20-,22+/m1/s1. The van der Waals surface area contributed by atoms with E-state index in [1.54, 1.807) is 7.11 Å². The maximum atomic E-state index is 13.5. The third kappa shape index (κ3) is 3.80. The molecule has 0 saturated heterocycles. The van der Waals surface area contributed by atoms with Gasteiger partial charge < -0.3 is 10.2 Å². The van der Waals surface area contributed by atoms with Crippen LogP contribution in [0.1, 0.15) is 22.0 Å². The number of fused-ring (bicyclic) bond motifs is 1. The summed E-state index contributed by atoms with van der Waals surface area (Å²) in [7, 11) is 1.63. The predicted octanol–water partition coefficient (Wildman–Crippen LogP) is 5.36. The van der Waals surface area contributed by atoms with E-state index in [2.05, 4.69) is 31.6 Å². The van der Waals surface area contributed by atoms with Crippen molar-refractivity contribution in [3.63, 3.8) is 0 Å². The summed E-state index contributed by atoms with van der Waals surface area (Å²) in [6.07, 6.45) is 0. The first-order valence-electron chi connectivity index (χ1n) is 10.0. The van der Waals surface area contributed by atoms with Gasteiger partial charge in [-0.15, -0.1) is 10.2 Å². The first-order chi connectivity index (χ1) is 15.7. The number of carbonyl (C=O) groups is 1. The van der Waals surface area contributed by atoms with E-state index in [1.807, 2.05) is 83.5 Å². The van der Waals surface area contributed by atoms with Gasteiger partial charge in [0, 0.05) is 10.0 Å². The Balaban J connectivity index is 1.59. The van der Waals surface area contributed by atoms with Gasteiger partial charge in [-0.3, -0.25) is 4.79 Å². The van der Waals surface area contributed by atoms with Gasteiger partial charge in [0.25, 0.3) is 0 Å². The van der Waals surface area contributed by atoms with Crippen molar-refractivity contribution in [3.05, 3.63) is 94.5 Å². The molecule has 0 bridgehead atoms. The molecule has 6 nitrogen and oxygen atoms in total. The lowest BCUT2D eigenvalue weighted by molar-refractivity contribution is 0.0980. The summed E-state index contributed by atoms with van der Waals surface area (Å²) in [5, 5.41) is 9.02. The summed E-state index contributed by atoms with van der Waals surface area (Å²) in [6, 6.07) is 24.8. The molecule has 0 amide bonds. The number of rotatable bonds is 5. The predicted molar refractivity (Wildman–Crippen MR) is 129 cm³/mol. The maximum absolute atomic E-state index is 13.5. The molecule has 1 aliphatic rings. The minimum absolute atomic E-state index is 0.0455. The fraction of sp³-hybridized carbons (Fsp3) is 0.125. The number of halogens is 1. The highest BCUT2D eigenvalue weighted by Crippen LogP contribution is 2.41. The number of nitrogens with one attached hydrogen (secondary N) is 1. The van der Waals surface area contributed by atoms with E-state index in [9.17, 15) is 4.79 Å². The molecule has 3 aromatic carbocycles. The molecule has 5 rings (SSSR count). The van der Waals surface area contributed by atoms with Crippen molar-refractivity contribution in [1.29, 1.82) is 0 Å². The molecule has 0 spiro atoms. The van der Waals surface area contributed by atoms with E-state index >= 15 is 0 Å². The normalized spacial score (nSPS) is 17.3. The Hall–Kier alpha value is -3.10. The number of carbonyl (C=O) groups excluding carboxylic acids is 1. The Morgan fingerprint density at radius 3 is 2.47 bits per heavy atom. The molecule has 2 atom stereocenters. The number of hydrogen-bond donors (Lipinski definition) is 1. The summed E-state index contributed by atoms with van der Waals surface area (Å²) in [4.78, 5) is 13.5. The zero-order valence-corrected chi connectivity index (χ0v) is 19.5. The van der Waals surface area contributed by atoms with Crippen LogP contribution in [0.15, 0.2) is 88.5 Å². The lowest BCUT2D eigenvalue weighted by Crippen LogP contribution is -2.39. The van der Waals surface area contributed by atoms with Crippen LogP contribution in [0.3, 0.4) is 0 Å². The Kier molecular flexibility index (Phi) is 5.71. The summed E-state index contributed by atoms with van der Waals surface area (Å²) < 4.78 is 8.36. The van der Waals surface area contributed by atoms with E-state index < -0.39 is 5.25 Å². The third-order valence-corrected chi connectivity index (χ3v) is 7.07. The minimum atomic E-state index is -0.402. The fourth-order valence-electron chi connectivity index (χ4n) is 3.75. The second kappa shape index (κ2) is 8.80. The minimum Gasteiger partial charge on any atom is -0.496 e. The van der Waals surface area contributed by atoms with Crippen molar-refractivity contribution < 1.29 is 9.53 Å². The highest BCUT2D eigenvalue weighted by atomic mass is 79.9. The van der Waals surface area contributed by atoms with Crippen molar-refractivity contribution >= 4 is 33.5 Å². The molecule has 0 fully saturated rings. The number of hydrogen-bond acceptors (Lipinski definition) is 6. The lowest BCUT2D eigenvalue weighted by Gasteiger charge is -2.33. The Labute approximate surface area is 198 Å². The number of thioether (sulfide) groups is 1. The molecule has 4 aromatic rings. The number of aromatic nitrogens is 3. The van der Waals surface area contributed by atoms with Gasteiger partial charge in [0.05, 0.1) is 18.7 Å². The number of Topliss-reactive ketones (excluding diaryl/α,β-unsaturated/α-hetero) is 1. The lowest BCUT2D eigenvalue weighted by atomic mass is 9.97. The smallest absolute Gasteiger partial charge is 0.211 e. The quantitative estimate of drug-likeness (QED) is 0.367. The van der Waals surface area contributed by atoms with Gasteiger partial charge in [0.2, 0.25) is 5.16 Å². The van der Waals surface area contributed by atoms with E-state index in [-0.39, 0.29) is 11.8 Å². The van der Waals surface area contributed by atoms with E-state index in [0.29, 0.717) is 22.3 Å². The molecule has 0 unspecified atom stereocenters. The zero-order valence-electron chi connectivity index (χ0n) is 17.1. The summed E-state index contributed by atoms with van der Waals surface area (Å²) in [6.45, 7) is 0. The van der Waals surface area contributed by atoms with Crippen LogP contribution in [-0.4, -0.2) is 33.0 Å². The number of nitrogens with zero attached hydrogens (tertiary/aromatic N) is 3. The average Bonchev–Trinajstić information content (AvgIpc) is 3.26. The van der Waals surface area contributed by atoms with E-state index in [4.69, 9.17) is 4.74 Å². The van der Waals surface area contributed by atoms with Crippen LogP contribution in [0, 0.1) is 0 Å². The zero-order chi connectivity index (χ0) is 22.1. The van der Waals surface area contributed by atoms with Crippen molar-refractivity contribution in [2.24, 2.45) is 0 Å². The fourth-order valence-corrected chi connectivity index (χ4v) is 5.17. The van der Waals surface area contributed by atoms with Crippen LogP contribution in [0.2, 0.25) is 0 Å². The molecule has 32 heavy (non-hydrogen) atoms. The first kappa shape index (κ1) is 20.8. The van der Waals surface area contributed by atoms with Crippen LogP contribution in [0.25, 0.3) is 11.4 Å². The monoisotopic (exact) mass is 506 g/mol. The largest absolute Gasteiger partial charge is 0.496 e. The van der Waals surface area contributed by atoms with E-state index in [1.165, 1.54) is 11.8 Å². The second-order valence-corrected chi connectivity index (χ2v) is 9.29. The molecule has 2 heterocycles. The van der Waals surface area contributed by atoms with Gasteiger partial charge in [-0.1, -0.05) is 82.3 Å². The van der Waals surface area contributed by atoms with Gasteiger partial charge in [0.1, 0.15) is 11.0 Å². The van der Waals surface area contributed by atoms with Crippen LogP contribution >= 0.6 is 27.7 Å². The highest BCUT2D eigenvalue weighted by molar-refractivity contribution is 9.10. The molecule has 1 N–H and O–H groups in total. The SMILES string of the molecule is COc1ccccc1-c1nnc2n1N[C@H](c1ccc(Br)cc1)[C@@H](C(=O)c1ccccc1)S2. The van der Waals surface area contributed by atoms with Crippen LogP contribution in [0.4, 0.5) is 0 Å². The van der Waals surface area contributed by atoms with Crippen molar-refractivity contribution in [2.75, 3.05) is 12.5 Å². The molecule has 1 aliphatic heterocycles. The number of ketones is 1. The maximum Gasteiger partial charge on any atom is 0.211 e. The number of ether oxygens (including phenoxy) is 1. The van der Waals surface area contributed by atoms with E-state index in [0.717, 1.165) is 15.6 Å². The summed E-state index contributed by atoms with van der Waals surface area (Å²) in [5.41, 5.74) is 6.01. The third-order valence-electron chi connectivity index (χ3n) is 5.33. The van der Waals surface area contributed by atoms with Crippen LogP contribution in [0.5, 0.6) is 5.75 Å². The van der Waals surface area contributed by atoms with Crippen LogP contribution < -0.4 is 10.2 Å². The average molecular weight is 507 g/mol. The highest BCUT2D eigenvalue weighted by Gasteiger charge is 2.38. The molecular formula is C24H19BrN4O2S. The first-order valence-corrected chi connectivity index (χ1v) is 11.7. The molecular weight excluding hydrogens is 488 g/mol. The molecule has 1 aromatic heterocycles. The van der Waals surface area contributed by atoms with Crippen molar-refractivity contribution in [2.45, 2.75) is 16.4 Å². The molecule has 160 valence electrons. The van der Waals surface area contributed by atoms with Gasteiger partial charge in [-0.05, 0) is 29.8 Å². The molecule has 0 radical (unpaired) electrons. The number of methoxy groups -OCH3 is 1. The van der Waals surface area contributed by atoms with Gasteiger partial charge in [0.15, 0.2) is 11.6 Å². The number of benzene rings is 3. The van der Waals surface area contributed by atoms with Crippen molar-refractivity contribution in [3.8, 4) is 17.1 Å². The van der Waals surface area contributed by atoms with Gasteiger partial charge in [-0.2, -0.15) is 0 Å². The Morgan fingerprint density at radius 1 is 1.00 bits per heavy atom. The molecule has 0 aliphatic carbocycles. The summed E-state index contributed by atoms with van der Waals surface area (Å²) >= 11 is 4.92. The van der Waals surface area contributed by atoms with Crippen molar-refractivity contribution in [1.82, 2.24) is 14.9 Å². The Morgan fingerprint density at radius 2 is 1.72 bits per heavy atom. The van der Waals surface area contributed by atoms with Gasteiger partial charge in [-0.25, -0.2) is 4.68 Å². The molecule has 8 heteroatoms. The molecule has 0 saturated carbocycles. The van der Waals surface area contributed by atoms with Gasteiger partial charge >= 0.3 is 0 Å².